The van der Waals surface area contributed by atoms with Crippen molar-refractivity contribution in [2.24, 2.45) is 0 Å². The zero-order chi connectivity index (χ0) is 22.1. The van der Waals surface area contributed by atoms with Gasteiger partial charge in [-0.1, -0.05) is 6.92 Å². The highest BCUT2D eigenvalue weighted by atomic mass is 16.5. The quantitative estimate of drug-likeness (QED) is 0.458. The summed E-state index contributed by atoms with van der Waals surface area (Å²) in [5, 5.41) is 9.74. The summed E-state index contributed by atoms with van der Waals surface area (Å²) < 4.78 is 10.6. The van der Waals surface area contributed by atoms with Gasteiger partial charge in [0, 0.05) is 24.0 Å². The summed E-state index contributed by atoms with van der Waals surface area (Å²) in [5.74, 6) is 2.25. The van der Waals surface area contributed by atoms with Crippen LogP contribution in [0.5, 0.6) is 11.5 Å². The van der Waals surface area contributed by atoms with Gasteiger partial charge in [-0.15, -0.1) is 0 Å². The lowest BCUT2D eigenvalue weighted by molar-refractivity contribution is -0.121. The molecule has 1 aromatic heterocycles. The Kier molecular flexibility index (Phi) is 7.75. The van der Waals surface area contributed by atoms with E-state index in [1.807, 2.05) is 31.2 Å². The molecule has 31 heavy (non-hydrogen) atoms. The van der Waals surface area contributed by atoms with Crippen LogP contribution in [0.3, 0.4) is 0 Å². The Balaban J connectivity index is 1.44. The van der Waals surface area contributed by atoms with Gasteiger partial charge in [-0.25, -0.2) is 4.98 Å². The molecule has 0 fully saturated rings. The fourth-order valence-corrected chi connectivity index (χ4v) is 2.84. The molecular formula is C23H26N4O4. The van der Waals surface area contributed by atoms with Gasteiger partial charge in [-0.05, 0) is 55.0 Å². The number of benzene rings is 2. The predicted molar refractivity (Wildman–Crippen MR) is 116 cm³/mol. The van der Waals surface area contributed by atoms with Crippen LogP contribution in [0.4, 0.5) is 0 Å². The van der Waals surface area contributed by atoms with Crippen molar-refractivity contribution in [1.29, 1.82) is 0 Å². The molecule has 0 unspecified atom stereocenters. The second-order valence-electron chi connectivity index (χ2n) is 6.91. The van der Waals surface area contributed by atoms with E-state index in [2.05, 4.69) is 20.5 Å². The zero-order valence-electron chi connectivity index (χ0n) is 17.7. The summed E-state index contributed by atoms with van der Waals surface area (Å²) in [6.45, 7) is 2.88. The number of aromatic amines is 1. The molecule has 0 saturated carbocycles. The third-order valence-corrected chi connectivity index (χ3v) is 4.56. The van der Waals surface area contributed by atoms with Crippen molar-refractivity contribution in [2.75, 3.05) is 13.7 Å². The maximum atomic E-state index is 12.3. The molecule has 3 aromatic rings. The number of carbonyl (C=O) groups excluding carboxylic acids is 2. The van der Waals surface area contributed by atoms with E-state index in [9.17, 15) is 9.59 Å². The largest absolute Gasteiger partial charge is 0.497 e. The summed E-state index contributed by atoms with van der Waals surface area (Å²) >= 11 is 0. The Bertz CT molecular complexity index is 997. The number of methoxy groups -OCH3 is 1. The maximum Gasteiger partial charge on any atom is 0.220 e. The summed E-state index contributed by atoms with van der Waals surface area (Å²) in [6.07, 6.45) is 1.16. The fourth-order valence-electron chi connectivity index (χ4n) is 2.84. The Labute approximate surface area is 181 Å². The van der Waals surface area contributed by atoms with E-state index in [1.165, 1.54) is 0 Å². The average molecular weight is 422 g/mol. The van der Waals surface area contributed by atoms with Crippen LogP contribution >= 0.6 is 0 Å². The van der Waals surface area contributed by atoms with Crippen LogP contribution in [0.25, 0.3) is 11.4 Å². The minimum Gasteiger partial charge on any atom is -0.497 e. The molecule has 8 heteroatoms. The second kappa shape index (κ2) is 10.9. The lowest BCUT2D eigenvalue weighted by atomic mass is 10.1. The van der Waals surface area contributed by atoms with Crippen molar-refractivity contribution in [3.63, 3.8) is 0 Å². The number of aromatic nitrogens is 3. The Morgan fingerprint density at radius 1 is 1.00 bits per heavy atom. The maximum absolute atomic E-state index is 12.3. The minimum atomic E-state index is -0.223. The molecule has 3 rings (SSSR count). The number of hydrogen-bond donors (Lipinski definition) is 2. The zero-order valence-corrected chi connectivity index (χ0v) is 17.7. The number of amides is 1. The van der Waals surface area contributed by atoms with E-state index in [-0.39, 0.29) is 31.1 Å². The number of ether oxygens (including phenoxy) is 2. The standard InChI is InChI=1S/C23H26N4O4/c1-3-14-31-19-10-4-16(5-11-19)20(28)12-13-22(29)24-15-21-25-23(27-26-21)17-6-8-18(30-2)9-7-17/h4-11H,3,12-15H2,1-2H3,(H,24,29)(H,25,26,27). The smallest absolute Gasteiger partial charge is 0.220 e. The Hall–Kier alpha value is -3.68. The van der Waals surface area contributed by atoms with Gasteiger partial charge in [-0.3, -0.25) is 14.7 Å². The Morgan fingerprint density at radius 2 is 1.71 bits per heavy atom. The monoisotopic (exact) mass is 422 g/mol. The average Bonchev–Trinajstić information content (AvgIpc) is 3.29. The van der Waals surface area contributed by atoms with Crippen LogP contribution in [0.2, 0.25) is 0 Å². The van der Waals surface area contributed by atoms with Crippen LogP contribution in [-0.2, 0) is 11.3 Å². The number of Topliss-reactive ketones (excluding diaryl/α,β-unsaturated/α-hetero) is 1. The molecular weight excluding hydrogens is 396 g/mol. The molecule has 0 atom stereocenters. The first-order valence-corrected chi connectivity index (χ1v) is 10.2. The molecule has 0 aliphatic rings. The minimum absolute atomic E-state index is 0.0846. The number of H-pyrrole nitrogens is 1. The molecule has 2 aromatic carbocycles. The highest BCUT2D eigenvalue weighted by Crippen LogP contribution is 2.19. The molecule has 0 aliphatic heterocycles. The molecule has 0 aliphatic carbocycles. The number of carbonyl (C=O) groups is 2. The molecule has 8 nitrogen and oxygen atoms in total. The first kappa shape index (κ1) is 22.0. The van der Waals surface area contributed by atoms with Crippen molar-refractivity contribution in [3.05, 3.63) is 59.9 Å². The van der Waals surface area contributed by atoms with Gasteiger partial charge in [0.25, 0.3) is 0 Å². The molecule has 1 amide bonds. The third kappa shape index (κ3) is 6.40. The number of ketones is 1. The fraction of sp³-hybridized carbons (Fsp3) is 0.304. The molecule has 0 saturated heterocycles. The van der Waals surface area contributed by atoms with Crippen molar-refractivity contribution < 1.29 is 19.1 Å². The summed E-state index contributed by atoms with van der Waals surface area (Å²) in [4.78, 5) is 28.8. The molecule has 0 bridgehead atoms. The summed E-state index contributed by atoms with van der Waals surface area (Å²) in [7, 11) is 1.61. The van der Waals surface area contributed by atoms with Gasteiger partial charge in [-0.2, -0.15) is 5.10 Å². The lowest BCUT2D eigenvalue weighted by Gasteiger charge is -2.06. The first-order chi connectivity index (χ1) is 15.1. The van der Waals surface area contributed by atoms with Gasteiger partial charge >= 0.3 is 0 Å². The summed E-state index contributed by atoms with van der Waals surface area (Å²) in [6, 6.07) is 14.4. The van der Waals surface area contributed by atoms with Gasteiger partial charge in [0.05, 0.1) is 20.3 Å². The molecule has 2 N–H and O–H groups in total. The number of nitrogens with zero attached hydrogens (tertiary/aromatic N) is 2. The normalized spacial score (nSPS) is 10.5. The summed E-state index contributed by atoms with van der Waals surface area (Å²) in [5.41, 5.74) is 1.40. The van der Waals surface area contributed by atoms with Crippen molar-refractivity contribution >= 4 is 11.7 Å². The van der Waals surface area contributed by atoms with E-state index < -0.39 is 0 Å². The van der Waals surface area contributed by atoms with E-state index >= 15 is 0 Å². The van der Waals surface area contributed by atoms with Gasteiger partial charge < -0.3 is 14.8 Å². The lowest BCUT2D eigenvalue weighted by Crippen LogP contribution is -2.23. The van der Waals surface area contributed by atoms with Crippen LogP contribution in [0.15, 0.2) is 48.5 Å². The highest BCUT2D eigenvalue weighted by molar-refractivity contribution is 5.98. The number of nitrogens with one attached hydrogen (secondary N) is 2. The topological polar surface area (TPSA) is 106 Å². The SMILES string of the molecule is CCCOc1ccc(C(=O)CCC(=O)NCc2nc(-c3ccc(OC)cc3)n[nH]2)cc1. The van der Waals surface area contributed by atoms with Crippen molar-refractivity contribution in [1.82, 2.24) is 20.5 Å². The van der Waals surface area contributed by atoms with E-state index in [0.29, 0.717) is 23.8 Å². The van der Waals surface area contributed by atoms with Crippen molar-refractivity contribution in [2.45, 2.75) is 32.7 Å². The third-order valence-electron chi connectivity index (χ3n) is 4.56. The van der Waals surface area contributed by atoms with Gasteiger partial charge in [0.2, 0.25) is 5.91 Å². The number of rotatable bonds is 11. The Morgan fingerprint density at radius 3 is 2.39 bits per heavy atom. The van der Waals surface area contributed by atoms with Gasteiger partial charge in [0.15, 0.2) is 11.6 Å². The number of hydrogen-bond acceptors (Lipinski definition) is 6. The van der Waals surface area contributed by atoms with Crippen molar-refractivity contribution in [3.8, 4) is 22.9 Å². The predicted octanol–water partition coefficient (Wildman–Crippen LogP) is 3.55. The van der Waals surface area contributed by atoms with E-state index in [0.717, 1.165) is 23.5 Å². The molecule has 162 valence electrons. The van der Waals surface area contributed by atoms with Gasteiger partial charge in [0.1, 0.15) is 17.3 Å². The second-order valence-corrected chi connectivity index (χ2v) is 6.91. The van der Waals surface area contributed by atoms with Crippen LogP contribution < -0.4 is 14.8 Å². The molecule has 0 spiro atoms. The molecule has 0 radical (unpaired) electrons. The van der Waals surface area contributed by atoms with Crippen LogP contribution in [0.1, 0.15) is 42.4 Å². The van der Waals surface area contributed by atoms with Crippen LogP contribution in [-0.4, -0.2) is 40.6 Å². The molecule has 1 heterocycles. The van der Waals surface area contributed by atoms with E-state index in [4.69, 9.17) is 9.47 Å². The van der Waals surface area contributed by atoms with Crippen LogP contribution in [0, 0.1) is 0 Å². The van der Waals surface area contributed by atoms with E-state index in [1.54, 1.807) is 31.4 Å². The highest BCUT2D eigenvalue weighted by Gasteiger charge is 2.11. The first-order valence-electron chi connectivity index (χ1n) is 10.2.